The zero-order valence-electron chi connectivity index (χ0n) is 6.80. The average molecular weight is 211 g/mol. The number of carboxylic acid groups (broad SMARTS) is 1. The van der Waals surface area contributed by atoms with Gasteiger partial charge >= 0.3 is 12.1 Å². The van der Waals surface area contributed by atoms with Crippen molar-refractivity contribution in [2.75, 3.05) is 6.54 Å². The molecule has 1 aliphatic heterocycles. The first-order chi connectivity index (χ1) is 5.66. The number of hydrogen-bond acceptors (Lipinski definition) is 4. The maximum atomic E-state index is 10.8. The van der Waals surface area contributed by atoms with Gasteiger partial charge in [0.05, 0.1) is 0 Å². The Morgan fingerprint density at radius 1 is 1.54 bits per heavy atom. The minimum absolute atomic E-state index is 0. The van der Waals surface area contributed by atoms with Crippen LogP contribution in [0.5, 0.6) is 0 Å². The third kappa shape index (κ3) is 2.46. The summed E-state index contributed by atoms with van der Waals surface area (Å²) in [4.78, 5) is 26.4. The van der Waals surface area contributed by atoms with Crippen molar-refractivity contribution in [1.29, 1.82) is 0 Å². The normalized spacial score (nSPS) is 20.7. The van der Waals surface area contributed by atoms with E-state index in [0.29, 0.717) is 19.4 Å². The summed E-state index contributed by atoms with van der Waals surface area (Å²) >= 11 is 0. The molecule has 1 unspecified atom stereocenters. The van der Waals surface area contributed by atoms with E-state index in [1.54, 1.807) is 0 Å². The first kappa shape index (κ1) is 12.0. The Kier molecular flexibility index (Phi) is 4.50. The number of carbonyl (C=O) groups is 2. The van der Waals surface area contributed by atoms with E-state index < -0.39 is 18.1 Å². The van der Waals surface area contributed by atoms with Crippen LogP contribution in [0, 0.1) is 0 Å². The van der Waals surface area contributed by atoms with Crippen LogP contribution >= 0.6 is 12.4 Å². The fourth-order valence-electron chi connectivity index (χ4n) is 1.31. The predicted molar refractivity (Wildman–Crippen MR) is 45.3 cm³/mol. The first-order valence-corrected chi connectivity index (χ1v) is 3.57. The number of nitrogens with zero attached hydrogens (tertiary/aromatic N) is 1. The molecule has 0 radical (unpaired) electrons. The molecule has 13 heavy (non-hydrogen) atoms. The average Bonchev–Trinajstić information content (AvgIpc) is 2.50. The van der Waals surface area contributed by atoms with Crippen molar-refractivity contribution in [1.82, 2.24) is 4.90 Å². The lowest BCUT2D eigenvalue weighted by Gasteiger charge is -2.18. The second kappa shape index (κ2) is 4.88. The molecule has 7 heteroatoms. The van der Waals surface area contributed by atoms with E-state index in [4.69, 9.17) is 5.11 Å². The Balaban J connectivity index is 0.00000144. The van der Waals surface area contributed by atoms with Gasteiger partial charge in [-0.15, -0.1) is 12.4 Å². The number of amides is 1. The lowest BCUT2D eigenvalue weighted by Crippen LogP contribution is -2.41. The molecule has 76 valence electrons. The van der Waals surface area contributed by atoms with Crippen molar-refractivity contribution < 1.29 is 19.5 Å². The van der Waals surface area contributed by atoms with E-state index in [9.17, 15) is 9.59 Å². The highest BCUT2D eigenvalue weighted by Crippen LogP contribution is 2.17. The molecule has 0 aliphatic carbocycles. The standard InChI is InChI=1S/C6H10N2O4.ClH/c7-12-6(11)8-3-1-2-4(8)5(9)10;/h4H,1-3,7H2,(H,9,10);1H. The third-order valence-corrected chi connectivity index (χ3v) is 1.87. The van der Waals surface area contributed by atoms with Gasteiger partial charge in [0.2, 0.25) is 0 Å². The number of halogens is 1. The number of rotatable bonds is 1. The summed E-state index contributed by atoms with van der Waals surface area (Å²) < 4.78 is 0. The van der Waals surface area contributed by atoms with Crippen LogP contribution in [-0.2, 0) is 9.63 Å². The van der Waals surface area contributed by atoms with Crippen molar-refractivity contribution in [3.05, 3.63) is 0 Å². The topological polar surface area (TPSA) is 92.9 Å². The highest BCUT2D eigenvalue weighted by atomic mass is 35.5. The van der Waals surface area contributed by atoms with Crippen molar-refractivity contribution in [2.24, 2.45) is 5.90 Å². The molecule has 1 saturated heterocycles. The Bertz CT molecular complexity index is 211. The van der Waals surface area contributed by atoms with E-state index in [-0.39, 0.29) is 12.4 Å². The van der Waals surface area contributed by atoms with E-state index in [0.717, 1.165) is 4.90 Å². The Labute approximate surface area is 81.0 Å². The summed E-state index contributed by atoms with van der Waals surface area (Å²) in [6.07, 6.45) is 0.358. The van der Waals surface area contributed by atoms with Gasteiger partial charge in [0, 0.05) is 6.54 Å². The van der Waals surface area contributed by atoms with Gasteiger partial charge in [-0.1, -0.05) is 0 Å². The molecular weight excluding hydrogens is 200 g/mol. The van der Waals surface area contributed by atoms with Gasteiger partial charge in [0.25, 0.3) is 0 Å². The fraction of sp³-hybridized carbons (Fsp3) is 0.667. The smallest absolute Gasteiger partial charge is 0.429 e. The highest BCUT2D eigenvalue weighted by molar-refractivity contribution is 5.85. The van der Waals surface area contributed by atoms with E-state index >= 15 is 0 Å². The van der Waals surface area contributed by atoms with Crippen LogP contribution in [0.15, 0.2) is 0 Å². The van der Waals surface area contributed by atoms with Gasteiger partial charge in [-0.3, -0.25) is 4.90 Å². The summed E-state index contributed by atoms with van der Waals surface area (Å²) in [6.45, 7) is 0.396. The molecule has 0 bridgehead atoms. The predicted octanol–water partition coefficient (Wildman–Crippen LogP) is -0.0325. The van der Waals surface area contributed by atoms with Gasteiger partial charge in [-0.25, -0.2) is 9.59 Å². The van der Waals surface area contributed by atoms with Crippen LogP contribution in [-0.4, -0.2) is 34.7 Å². The van der Waals surface area contributed by atoms with Crippen LogP contribution in [0.1, 0.15) is 12.8 Å². The summed E-state index contributed by atoms with van der Waals surface area (Å²) in [6, 6.07) is -0.777. The summed E-state index contributed by atoms with van der Waals surface area (Å²) in [5.41, 5.74) is 0. The number of likely N-dealkylation sites (tertiary alicyclic amines) is 1. The minimum Gasteiger partial charge on any atom is -0.480 e. The molecule has 1 rings (SSSR count). The number of carbonyl (C=O) groups excluding carboxylic acids is 1. The molecule has 0 saturated carbocycles. The zero-order chi connectivity index (χ0) is 9.14. The highest BCUT2D eigenvalue weighted by Gasteiger charge is 2.34. The SMILES string of the molecule is Cl.NOC(=O)N1CCCC1C(=O)O. The molecule has 0 aromatic rings. The molecule has 3 N–H and O–H groups in total. The molecular formula is C6H11ClN2O4. The van der Waals surface area contributed by atoms with Gasteiger partial charge in [0.15, 0.2) is 0 Å². The van der Waals surface area contributed by atoms with Crippen LogP contribution in [0.4, 0.5) is 4.79 Å². The lowest BCUT2D eigenvalue weighted by atomic mass is 10.2. The largest absolute Gasteiger partial charge is 0.480 e. The van der Waals surface area contributed by atoms with Crippen molar-refractivity contribution >= 4 is 24.5 Å². The summed E-state index contributed by atoms with van der Waals surface area (Å²) in [5.74, 6) is 3.61. The second-order valence-electron chi connectivity index (χ2n) is 2.57. The third-order valence-electron chi connectivity index (χ3n) is 1.87. The minimum atomic E-state index is -1.02. The van der Waals surface area contributed by atoms with Crippen LogP contribution < -0.4 is 5.90 Å². The Morgan fingerprint density at radius 3 is 2.62 bits per heavy atom. The van der Waals surface area contributed by atoms with E-state index in [1.807, 2.05) is 0 Å². The van der Waals surface area contributed by atoms with E-state index in [1.165, 1.54) is 0 Å². The van der Waals surface area contributed by atoms with Crippen LogP contribution in [0.3, 0.4) is 0 Å². The number of hydrogen-bond donors (Lipinski definition) is 2. The first-order valence-electron chi connectivity index (χ1n) is 3.57. The summed E-state index contributed by atoms with van der Waals surface area (Å²) in [5, 5.41) is 8.64. The molecule has 0 aromatic carbocycles. The molecule has 6 nitrogen and oxygen atoms in total. The molecule has 0 aromatic heterocycles. The van der Waals surface area contributed by atoms with Gasteiger partial charge in [-0.05, 0) is 12.8 Å². The monoisotopic (exact) mass is 210 g/mol. The number of carboxylic acids is 1. The molecule has 1 fully saturated rings. The second-order valence-corrected chi connectivity index (χ2v) is 2.57. The molecule has 1 aliphatic rings. The maximum absolute atomic E-state index is 10.8. The quantitative estimate of drug-likeness (QED) is 0.593. The number of aliphatic carboxylic acids is 1. The Hall–Kier alpha value is -1.01. The molecule has 1 amide bonds. The molecule has 0 spiro atoms. The van der Waals surface area contributed by atoms with Gasteiger partial charge in [0.1, 0.15) is 6.04 Å². The lowest BCUT2D eigenvalue weighted by molar-refractivity contribution is -0.141. The van der Waals surface area contributed by atoms with Gasteiger partial charge < -0.3 is 9.94 Å². The van der Waals surface area contributed by atoms with Crippen molar-refractivity contribution in [3.8, 4) is 0 Å². The molecule has 1 atom stereocenters. The van der Waals surface area contributed by atoms with Crippen LogP contribution in [0.2, 0.25) is 0 Å². The zero-order valence-corrected chi connectivity index (χ0v) is 7.62. The van der Waals surface area contributed by atoms with Gasteiger partial charge in [-0.2, -0.15) is 5.90 Å². The summed E-state index contributed by atoms with van der Waals surface area (Å²) in [7, 11) is 0. The Morgan fingerprint density at radius 2 is 2.15 bits per heavy atom. The van der Waals surface area contributed by atoms with E-state index in [2.05, 4.69) is 10.7 Å². The maximum Gasteiger partial charge on any atom is 0.429 e. The van der Waals surface area contributed by atoms with Crippen molar-refractivity contribution in [2.45, 2.75) is 18.9 Å². The van der Waals surface area contributed by atoms with Crippen molar-refractivity contribution in [3.63, 3.8) is 0 Å². The molecule has 1 heterocycles. The van der Waals surface area contributed by atoms with Crippen LogP contribution in [0.25, 0.3) is 0 Å². The number of nitrogens with two attached hydrogens (primary N) is 1. The fourth-order valence-corrected chi connectivity index (χ4v) is 1.31.